The Hall–Kier alpha value is -0.800. The number of furan rings is 1. The van der Waals surface area contributed by atoms with E-state index in [2.05, 4.69) is 0 Å². The van der Waals surface area contributed by atoms with Crippen molar-refractivity contribution in [1.82, 2.24) is 0 Å². The molecule has 1 aromatic heterocycles. The Morgan fingerprint density at radius 1 is 1.13 bits per heavy atom. The summed E-state index contributed by atoms with van der Waals surface area (Å²) >= 11 is 0. The van der Waals surface area contributed by atoms with Gasteiger partial charge in [0.2, 0.25) is 0 Å². The first-order valence-electron chi connectivity index (χ1n) is 5.67. The minimum absolute atomic E-state index is 0.287. The van der Waals surface area contributed by atoms with Crippen molar-refractivity contribution in [2.45, 2.75) is 44.6 Å². The number of aliphatic hydroxyl groups is 2. The molecule has 0 aliphatic carbocycles. The Labute approximate surface area is 90.7 Å². The molecule has 3 heteroatoms. The molecule has 2 N–H and O–H groups in total. The van der Waals surface area contributed by atoms with E-state index < -0.39 is 6.10 Å². The van der Waals surface area contributed by atoms with Crippen LogP contribution in [0.3, 0.4) is 0 Å². The molecule has 0 saturated carbocycles. The summed E-state index contributed by atoms with van der Waals surface area (Å²) in [5.41, 5.74) is 0. The fraction of sp³-hybridized carbons (Fsp3) is 0.667. The molecule has 0 radical (unpaired) electrons. The fourth-order valence-electron chi connectivity index (χ4n) is 1.60. The van der Waals surface area contributed by atoms with E-state index in [-0.39, 0.29) is 6.61 Å². The van der Waals surface area contributed by atoms with E-state index in [9.17, 15) is 5.11 Å². The molecule has 0 fully saturated rings. The van der Waals surface area contributed by atoms with Crippen molar-refractivity contribution in [2.75, 3.05) is 6.61 Å². The maximum atomic E-state index is 9.68. The van der Waals surface area contributed by atoms with Gasteiger partial charge in [0, 0.05) is 6.61 Å². The molecular formula is C12H20O3. The second kappa shape index (κ2) is 7.49. The van der Waals surface area contributed by atoms with Crippen LogP contribution in [0.1, 0.15) is 50.4 Å². The summed E-state index contributed by atoms with van der Waals surface area (Å²) in [5, 5.41) is 18.3. The van der Waals surface area contributed by atoms with Gasteiger partial charge in [0.25, 0.3) is 0 Å². The van der Waals surface area contributed by atoms with Crippen LogP contribution in [0, 0.1) is 0 Å². The molecule has 1 aromatic rings. The molecule has 3 nitrogen and oxygen atoms in total. The summed E-state index contributed by atoms with van der Waals surface area (Å²) < 4.78 is 5.11. The topological polar surface area (TPSA) is 53.6 Å². The molecular weight excluding hydrogens is 192 g/mol. The average molecular weight is 212 g/mol. The zero-order chi connectivity index (χ0) is 10.9. The fourth-order valence-corrected chi connectivity index (χ4v) is 1.60. The van der Waals surface area contributed by atoms with Crippen molar-refractivity contribution in [1.29, 1.82) is 0 Å². The van der Waals surface area contributed by atoms with E-state index in [0.29, 0.717) is 5.76 Å². The highest BCUT2D eigenvalue weighted by Crippen LogP contribution is 2.20. The quantitative estimate of drug-likeness (QED) is 0.651. The minimum atomic E-state index is -0.460. The van der Waals surface area contributed by atoms with Gasteiger partial charge in [0.15, 0.2) is 0 Å². The predicted molar refractivity (Wildman–Crippen MR) is 58.5 cm³/mol. The highest BCUT2D eigenvalue weighted by atomic mass is 16.4. The number of rotatable bonds is 8. The van der Waals surface area contributed by atoms with E-state index in [1.807, 2.05) is 0 Å². The van der Waals surface area contributed by atoms with Gasteiger partial charge in [-0.05, 0) is 25.0 Å². The summed E-state index contributed by atoms with van der Waals surface area (Å²) in [4.78, 5) is 0. The van der Waals surface area contributed by atoms with E-state index in [0.717, 1.165) is 38.5 Å². The Kier molecular flexibility index (Phi) is 6.12. The first kappa shape index (κ1) is 12.3. The van der Waals surface area contributed by atoms with Gasteiger partial charge in [-0.2, -0.15) is 0 Å². The van der Waals surface area contributed by atoms with Crippen molar-refractivity contribution in [2.24, 2.45) is 0 Å². The van der Waals surface area contributed by atoms with Gasteiger partial charge in [0.05, 0.1) is 6.26 Å². The Morgan fingerprint density at radius 3 is 2.53 bits per heavy atom. The second-order valence-electron chi connectivity index (χ2n) is 3.81. The number of hydrogen-bond donors (Lipinski definition) is 2. The zero-order valence-electron chi connectivity index (χ0n) is 9.06. The Balaban J connectivity index is 2.00. The van der Waals surface area contributed by atoms with Crippen molar-refractivity contribution < 1.29 is 14.6 Å². The van der Waals surface area contributed by atoms with Gasteiger partial charge in [-0.1, -0.05) is 25.7 Å². The van der Waals surface area contributed by atoms with Gasteiger partial charge < -0.3 is 14.6 Å². The van der Waals surface area contributed by atoms with E-state index in [1.165, 1.54) is 0 Å². The molecule has 0 amide bonds. The lowest BCUT2D eigenvalue weighted by Crippen LogP contribution is -1.95. The van der Waals surface area contributed by atoms with Crippen LogP contribution in [0.5, 0.6) is 0 Å². The predicted octanol–water partition coefficient (Wildman–Crippen LogP) is 2.65. The highest BCUT2D eigenvalue weighted by molar-refractivity contribution is 5.01. The molecule has 1 atom stereocenters. The van der Waals surface area contributed by atoms with Gasteiger partial charge in [-0.3, -0.25) is 0 Å². The Morgan fingerprint density at radius 2 is 1.87 bits per heavy atom. The maximum absolute atomic E-state index is 9.68. The molecule has 0 aliphatic heterocycles. The van der Waals surface area contributed by atoms with Crippen LogP contribution in [-0.2, 0) is 0 Å². The minimum Gasteiger partial charge on any atom is -0.467 e. The van der Waals surface area contributed by atoms with Crippen LogP contribution >= 0.6 is 0 Å². The first-order chi connectivity index (χ1) is 7.34. The van der Waals surface area contributed by atoms with Crippen LogP contribution < -0.4 is 0 Å². The first-order valence-corrected chi connectivity index (χ1v) is 5.67. The number of aliphatic hydroxyl groups excluding tert-OH is 2. The van der Waals surface area contributed by atoms with Gasteiger partial charge >= 0.3 is 0 Å². The second-order valence-corrected chi connectivity index (χ2v) is 3.81. The van der Waals surface area contributed by atoms with Gasteiger partial charge in [-0.15, -0.1) is 0 Å². The SMILES string of the molecule is OCCCCCCC[C@H](O)c1ccco1. The smallest absolute Gasteiger partial charge is 0.132 e. The lowest BCUT2D eigenvalue weighted by Gasteiger charge is -2.06. The summed E-state index contributed by atoms with van der Waals surface area (Å²) in [6, 6.07) is 3.59. The van der Waals surface area contributed by atoms with Crippen LogP contribution in [0.15, 0.2) is 22.8 Å². The maximum Gasteiger partial charge on any atom is 0.132 e. The molecule has 1 heterocycles. The molecule has 0 aliphatic rings. The van der Waals surface area contributed by atoms with E-state index >= 15 is 0 Å². The number of hydrogen-bond acceptors (Lipinski definition) is 3. The average Bonchev–Trinajstić information content (AvgIpc) is 2.76. The summed E-state index contributed by atoms with van der Waals surface area (Å²) in [6.45, 7) is 0.287. The van der Waals surface area contributed by atoms with E-state index in [1.54, 1.807) is 18.4 Å². The largest absolute Gasteiger partial charge is 0.467 e. The lowest BCUT2D eigenvalue weighted by atomic mass is 10.1. The van der Waals surface area contributed by atoms with Gasteiger partial charge in [-0.25, -0.2) is 0 Å². The van der Waals surface area contributed by atoms with Gasteiger partial charge in [0.1, 0.15) is 11.9 Å². The molecule has 1 rings (SSSR count). The van der Waals surface area contributed by atoms with Crippen molar-refractivity contribution in [3.8, 4) is 0 Å². The molecule has 0 aromatic carbocycles. The molecule has 86 valence electrons. The standard InChI is InChI=1S/C12H20O3/c13-9-5-3-1-2-4-7-11(14)12-8-6-10-15-12/h6,8,10-11,13-14H,1-5,7,9H2/t11-/m0/s1. The third kappa shape index (κ3) is 5.00. The third-order valence-electron chi connectivity index (χ3n) is 2.51. The lowest BCUT2D eigenvalue weighted by molar-refractivity contribution is 0.136. The molecule has 0 spiro atoms. The monoisotopic (exact) mass is 212 g/mol. The van der Waals surface area contributed by atoms with Crippen LogP contribution in [0.2, 0.25) is 0 Å². The summed E-state index contributed by atoms with van der Waals surface area (Å²) in [5.74, 6) is 0.658. The summed E-state index contributed by atoms with van der Waals surface area (Å²) in [7, 11) is 0. The Bertz CT molecular complexity index is 231. The normalized spacial score (nSPS) is 12.9. The number of unbranched alkanes of at least 4 members (excludes halogenated alkanes) is 4. The van der Waals surface area contributed by atoms with Crippen molar-refractivity contribution >= 4 is 0 Å². The zero-order valence-corrected chi connectivity index (χ0v) is 9.06. The van der Waals surface area contributed by atoms with Crippen LogP contribution in [0.4, 0.5) is 0 Å². The molecule has 0 unspecified atom stereocenters. The van der Waals surface area contributed by atoms with E-state index in [4.69, 9.17) is 9.52 Å². The molecule has 15 heavy (non-hydrogen) atoms. The summed E-state index contributed by atoms with van der Waals surface area (Å²) in [6.07, 6.45) is 7.09. The molecule has 0 bridgehead atoms. The van der Waals surface area contributed by atoms with Crippen molar-refractivity contribution in [3.63, 3.8) is 0 Å². The van der Waals surface area contributed by atoms with Crippen molar-refractivity contribution in [3.05, 3.63) is 24.2 Å². The third-order valence-corrected chi connectivity index (χ3v) is 2.51. The van der Waals surface area contributed by atoms with Crippen LogP contribution in [0.25, 0.3) is 0 Å². The highest BCUT2D eigenvalue weighted by Gasteiger charge is 2.08. The van der Waals surface area contributed by atoms with Crippen LogP contribution in [-0.4, -0.2) is 16.8 Å². The molecule has 0 saturated heterocycles.